The first-order valence-electron chi connectivity index (χ1n) is 8.46. The SMILES string of the molecule is Cc1ccc(C2CN(CC3=Cc4ccccc4OC3)CCO2)nc1. The molecule has 0 saturated carbocycles. The number of pyridine rings is 1. The first kappa shape index (κ1) is 15.4. The summed E-state index contributed by atoms with van der Waals surface area (Å²) in [7, 11) is 0. The van der Waals surface area contributed by atoms with Crippen molar-refractivity contribution in [1.29, 1.82) is 0 Å². The van der Waals surface area contributed by atoms with Crippen molar-refractivity contribution in [2.24, 2.45) is 0 Å². The van der Waals surface area contributed by atoms with E-state index in [4.69, 9.17) is 9.47 Å². The average molecular weight is 322 g/mol. The second-order valence-corrected chi connectivity index (χ2v) is 6.48. The van der Waals surface area contributed by atoms with Crippen molar-refractivity contribution < 1.29 is 9.47 Å². The number of rotatable bonds is 3. The van der Waals surface area contributed by atoms with Gasteiger partial charge >= 0.3 is 0 Å². The van der Waals surface area contributed by atoms with E-state index in [0.717, 1.165) is 37.7 Å². The number of hydrogen-bond acceptors (Lipinski definition) is 4. The van der Waals surface area contributed by atoms with Crippen LogP contribution >= 0.6 is 0 Å². The molecule has 0 amide bonds. The van der Waals surface area contributed by atoms with Crippen LogP contribution in [-0.2, 0) is 4.74 Å². The first-order valence-corrected chi connectivity index (χ1v) is 8.46. The van der Waals surface area contributed by atoms with Crippen LogP contribution in [0.1, 0.15) is 22.9 Å². The van der Waals surface area contributed by atoms with Crippen molar-refractivity contribution in [3.63, 3.8) is 0 Å². The highest BCUT2D eigenvalue weighted by Gasteiger charge is 2.24. The van der Waals surface area contributed by atoms with Crippen LogP contribution in [0.5, 0.6) is 5.75 Å². The topological polar surface area (TPSA) is 34.6 Å². The van der Waals surface area contributed by atoms with Crippen molar-refractivity contribution in [2.45, 2.75) is 13.0 Å². The zero-order valence-electron chi connectivity index (χ0n) is 13.9. The molecule has 3 heterocycles. The Bertz CT molecular complexity index is 740. The van der Waals surface area contributed by atoms with Crippen LogP contribution in [-0.4, -0.2) is 42.7 Å². The third-order valence-electron chi connectivity index (χ3n) is 4.53. The fourth-order valence-corrected chi connectivity index (χ4v) is 3.24. The summed E-state index contributed by atoms with van der Waals surface area (Å²) in [5.41, 5.74) is 4.68. The number of aryl methyl sites for hydroxylation is 1. The molecule has 0 spiro atoms. The molecule has 1 saturated heterocycles. The van der Waals surface area contributed by atoms with Gasteiger partial charge in [-0.2, -0.15) is 0 Å². The smallest absolute Gasteiger partial charge is 0.127 e. The van der Waals surface area contributed by atoms with E-state index in [-0.39, 0.29) is 6.10 Å². The van der Waals surface area contributed by atoms with E-state index in [1.165, 1.54) is 16.7 Å². The van der Waals surface area contributed by atoms with Gasteiger partial charge in [-0.1, -0.05) is 24.3 Å². The van der Waals surface area contributed by atoms with Crippen LogP contribution in [0.15, 0.2) is 48.2 Å². The highest BCUT2D eigenvalue weighted by atomic mass is 16.5. The average Bonchev–Trinajstić information content (AvgIpc) is 2.62. The summed E-state index contributed by atoms with van der Waals surface area (Å²) in [5.74, 6) is 0.977. The summed E-state index contributed by atoms with van der Waals surface area (Å²) >= 11 is 0. The van der Waals surface area contributed by atoms with Crippen LogP contribution in [0.25, 0.3) is 6.08 Å². The van der Waals surface area contributed by atoms with Crippen molar-refractivity contribution in [3.05, 3.63) is 65.0 Å². The lowest BCUT2D eigenvalue weighted by atomic mass is 10.1. The van der Waals surface area contributed by atoms with Crippen molar-refractivity contribution in [3.8, 4) is 5.75 Å². The molecule has 1 fully saturated rings. The number of ether oxygens (including phenoxy) is 2. The van der Waals surface area contributed by atoms with Gasteiger partial charge in [0.2, 0.25) is 0 Å². The van der Waals surface area contributed by atoms with Crippen LogP contribution < -0.4 is 4.74 Å². The molecule has 0 aliphatic carbocycles. The molecule has 1 unspecified atom stereocenters. The number of nitrogens with zero attached hydrogens (tertiary/aromatic N) is 2. The Labute approximate surface area is 142 Å². The van der Waals surface area contributed by atoms with Crippen LogP contribution in [0, 0.1) is 6.92 Å². The normalized spacial score (nSPS) is 20.9. The highest BCUT2D eigenvalue weighted by Crippen LogP contribution is 2.27. The van der Waals surface area contributed by atoms with Crippen molar-refractivity contribution in [2.75, 3.05) is 32.8 Å². The highest BCUT2D eigenvalue weighted by molar-refractivity contribution is 5.62. The van der Waals surface area contributed by atoms with Crippen molar-refractivity contribution >= 4 is 6.08 Å². The Morgan fingerprint density at radius 2 is 2.12 bits per heavy atom. The molecule has 1 aromatic heterocycles. The van der Waals surface area contributed by atoms with Crippen LogP contribution in [0.2, 0.25) is 0 Å². The number of para-hydroxylation sites is 1. The summed E-state index contributed by atoms with van der Waals surface area (Å²) < 4.78 is 11.8. The molecule has 1 aromatic carbocycles. The van der Waals surface area contributed by atoms with Crippen LogP contribution in [0.3, 0.4) is 0 Å². The van der Waals surface area contributed by atoms with Gasteiger partial charge < -0.3 is 9.47 Å². The van der Waals surface area contributed by atoms with Gasteiger partial charge in [-0.15, -0.1) is 0 Å². The van der Waals surface area contributed by atoms with E-state index < -0.39 is 0 Å². The van der Waals surface area contributed by atoms with E-state index in [2.05, 4.69) is 47.1 Å². The molecule has 4 heteroatoms. The van der Waals surface area contributed by atoms with Gasteiger partial charge in [-0.25, -0.2) is 0 Å². The Morgan fingerprint density at radius 1 is 1.21 bits per heavy atom. The molecule has 4 rings (SSSR count). The maximum atomic E-state index is 5.92. The third kappa shape index (κ3) is 3.35. The molecule has 24 heavy (non-hydrogen) atoms. The summed E-state index contributed by atoms with van der Waals surface area (Å²) in [4.78, 5) is 6.95. The van der Waals surface area contributed by atoms with Gasteiger partial charge in [-0.3, -0.25) is 9.88 Å². The maximum absolute atomic E-state index is 5.92. The Kier molecular flexibility index (Phi) is 4.32. The van der Waals surface area contributed by atoms with E-state index in [0.29, 0.717) is 6.61 Å². The van der Waals surface area contributed by atoms with Gasteiger partial charge in [-0.05, 0) is 36.3 Å². The predicted molar refractivity (Wildman–Crippen MR) is 94.0 cm³/mol. The van der Waals surface area contributed by atoms with E-state index in [1.54, 1.807) is 0 Å². The molecule has 2 aliphatic heterocycles. The zero-order chi connectivity index (χ0) is 16.4. The minimum Gasteiger partial charge on any atom is -0.489 e. The Hall–Kier alpha value is -2.17. The molecule has 4 nitrogen and oxygen atoms in total. The minimum atomic E-state index is 0.0525. The number of hydrogen-bond donors (Lipinski definition) is 0. The lowest BCUT2D eigenvalue weighted by Gasteiger charge is -2.33. The first-order chi connectivity index (χ1) is 11.8. The molecule has 2 aromatic rings. The van der Waals surface area contributed by atoms with Gasteiger partial charge in [0.25, 0.3) is 0 Å². The lowest BCUT2D eigenvalue weighted by Crippen LogP contribution is -2.40. The number of benzene rings is 1. The fourth-order valence-electron chi connectivity index (χ4n) is 3.24. The number of aromatic nitrogens is 1. The summed E-state index contributed by atoms with van der Waals surface area (Å²) in [6, 6.07) is 12.4. The van der Waals surface area contributed by atoms with Gasteiger partial charge in [0.1, 0.15) is 18.5 Å². The monoisotopic (exact) mass is 322 g/mol. The lowest BCUT2D eigenvalue weighted by molar-refractivity contribution is -0.0294. The van der Waals surface area contributed by atoms with Crippen LogP contribution in [0.4, 0.5) is 0 Å². The largest absolute Gasteiger partial charge is 0.489 e. The molecule has 1 atom stereocenters. The second-order valence-electron chi connectivity index (χ2n) is 6.48. The predicted octanol–water partition coefficient (Wildman–Crippen LogP) is 3.24. The second kappa shape index (κ2) is 6.75. The third-order valence-corrected chi connectivity index (χ3v) is 4.53. The molecular formula is C20H22N2O2. The van der Waals surface area contributed by atoms with Gasteiger partial charge in [0.15, 0.2) is 0 Å². The standard InChI is InChI=1S/C20H22N2O2/c1-15-6-7-18(21-11-15)20-13-22(8-9-23-20)12-16-10-17-4-2-3-5-19(17)24-14-16/h2-7,10-11,20H,8-9,12-14H2,1H3. The maximum Gasteiger partial charge on any atom is 0.127 e. The molecule has 0 radical (unpaired) electrons. The Balaban J connectivity index is 1.44. The summed E-state index contributed by atoms with van der Waals surface area (Å²) in [5, 5.41) is 0. The molecule has 2 aliphatic rings. The molecule has 0 bridgehead atoms. The molecule has 124 valence electrons. The van der Waals surface area contributed by atoms with Gasteiger partial charge in [0, 0.05) is 31.4 Å². The summed E-state index contributed by atoms with van der Waals surface area (Å²) in [6.45, 7) is 6.20. The molecular weight excluding hydrogens is 300 g/mol. The zero-order valence-corrected chi connectivity index (χ0v) is 13.9. The number of morpholine rings is 1. The summed E-state index contributed by atoms with van der Waals surface area (Å²) in [6.07, 6.45) is 4.22. The number of fused-ring (bicyclic) bond motifs is 1. The fraction of sp³-hybridized carbons (Fsp3) is 0.350. The minimum absolute atomic E-state index is 0.0525. The van der Waals surface area contributed by atoms with E-state index in [1.807, 2.05) is 18.3 Å². The van der Waals surface area contributed by atoms with E-state index in [9.17, 15) is 0 Å². The van der Waals surface area contributed by atoms with Gasteiger partial charge in [0.05, 0.1) is 12.3 Å². The quantitative estimate of drug-likeness (QED) is 0.869. The molecule has 0 N–H and O–H groups in total. The van der Waals surface area contributed by atoms with E-state index >= 15 is 0 Å². The Morgan fingerprint density at radius 3 is 3.00 bits per heavy atom. The van der Waals surface area contributed by atoms with Crippen molar-refractivity contribution in [1.82, 2.24) is 9.88 Å².